The topological polar surface area (TPSA) is 62.8 Å². The third kappa shape index (κ3) is 2.20. The minimum Gasteiger partial charge on any atom is -0.490 e. The number of nitrogens with zero attached hydrogens (tertiary/aromatic N) is 2. The molecule has 0 saturated heterocycles. The first-order chi connectivity index (χ1) is 10.3. The van der Waals surface area contributed by atoms with Crippen molar-refractivity contribution in [1.82, 2.24) is 15.0 Å². The minimum atomic E-state index is 0.281. The number of fused-ring (bicyclic) bond motifs is 2. The van der Waals surface area contributed by atoms with Crippen LogP contribution in [0.1, 0.15) is 18.1 Å². The first-order valence-electron chi connectivity index (χ1n) is 7.10. The maximum absolute atomic E-state index is 5.73. The van der Waals surface area contributed by atoms with Gasteiger partial charge in [-0.05, 0) is 30.2 Å². The summed E-state index contributed by atoms with van der Waals surface area (Å²) in [5.74, 6) is 1.84. The van der Waals surface area contributed by atoms with Gasteiger partial charge in [0.2, 0.25) is 0 Å². The molecule has 1 unspecified atom stereocenters. The molecule has 0 amide bonds. The smallest absolute Gasteiger partial charge is 0.154 e. The summed E-state index contributed by atoms with van der Waals surface area (Å²) in [7, 11) is 0. The van der Waals surface area contributed by atoms with E-state index in [0.29, 0.717) is 0 Å². The van der Waals surface area contributed by atoms with Crippen molar-refractivity contribution < 1.29 is 4.74 Å². The molecule has 0 radical (unpaired) electrons. The lowest BCUT2D eigenvalue weighted by molar-refractivity contribution is 0.254. The summed E-state index contributed by atoms with van der Waals surface area (Å²) in [6.07, 6.45) is 4.72. The largest absolute Gasteiger partial charge is 0.490 e. The molecule has 21 heavy (non-hydrogen) atoms. The summed E-state index contributed by atoms with van der Waals surface area (Å²) in [5.41, 5.74) is 4.37. The van der Waals surface area contributed by atoms with Crippen molar-refractivity contribution in [3.63, 3.8) is 0 Å². The van der Waals surface area contributed by atoms with Crippen LogP contribution in [0.15, 0.2) is 36.8 Å². The molecule has 106 valence electrons. The van der Waals surface area contributed by atoms with E-state index >= 15 is 0 Å². The molecular weight excluding hydrogens is 264 g/mol. The lowest BCUT2D eigenvalue weighted by Crippen LogP contribution is -2.05. The lowest BCUT2D eigenvalue weighted by atomic mass is 10.1. The van der Waals surface area contributed by atoms with E-state index in [-0.39, 0.29) is 6.10 Å². The van der Waals surface area contributed by atoms with E-state index in [0.717, 1.165) is 35.6 Å². The quantitative estimate of drug-likeness (QED) is 0.774. The van der Waals surface area contributed by atoms with Gasteiger partial charge in [0.05, 0.1) is 5.52 Å². The Morgan fingerprint density at radius 1 is 1.33 bits per heavy atom. The Balaban J connectivity index is 1.55. The monoisotopic (exact) mass is 280 g/mol. The van der Waals surface area contributed by atoms with E-state index in [1.54, 1.807) is 6.33 Å². The molecule has 5 nitrogen and oxygen atoms in total. The van der Waals surface area contributed by atoms with Gasteiger partial charge in [-0.2, -0.15) is 0 Å². The average molecular weight is 280 g/mol. The molecule has 0 fully saturated rings. The zero-order valence-corrected chi connectivity index (χ0v) is 11.8. The SMILES string of the molecule is CC1Cc2cc(CNc3ncnc4cc[nH]c34)ccc2O1. The molecule has 2 aromatic heterocycles. The van der Waals surface area contributed by atoms with Gasteiger partial charge in [0.1, 0.15) is 23.7 Å². The Labute approximate surface area is 122 Å². The lowest BCUT2D eigenvalue weighted by Gasteiger charge is -2.08. The molecule has 1 aromatic carbocycles. The first kappa shape index (κ1) is 12.2. The van der Waals surface area contributed by atoms with Crippen LogP contribution in [0.25, 0.3) is 11.0 Å². The van der Waals surface area contributed by atoms with Gasteiger partial charge in [-0.3, -0.25) is 0 Å². The predicted octanol–water partition coefficient (Wildman–Crippen LogP) is 2.89. The number of rotatable bonds is 3. The fourth-order valence-corrected chi connectivity index (χ4v) is 2.78. The molecule has 0 spiro atoms. The van der Waals surface area contributed by atoms with E-state index in [9.17, 15) is 0 Å². The molecule has 0 saturated carbocycles. The normalized spacial score (nSPS) is 16.7. The molecule has 1 aliphatic heterocycles. The molecule has 1 atom stereocenters. The Bertz CT molecular complexity index is 796. The number of hydrogen-bond acceptors (Lipinski definition) is 4. The zero-order valence-electron chi connectivity index (χ0n) is 11.8. The van der Waals surface area contributed by atoms with E-state index in [2.05, 4.69) is 45.4 Å². The molecule has 0 aliphatic carbocycles. The van der Waals surface area contributed by atoms with Crippen molar-refractivity contribution in [1.29, 1.82) is 0 Å². The number of hydrogen-bond donors (Lipinski definition) is 2. The van der Waals surface area contributed by atoms with Crippen molar-refractivity contribution >= 4 is 16.9 Å². The van der Waals surface area contributed by atoms with Crippen LogP contribution in [0.5, 0.6) is 5.75 Å². The number of nitrogens with one attached hydrogen (secondary N) is 2. The molecular formula is C16H16N4O. The van der Waals surface area contributed by atoms with Crippen molar-refractivity contribution in [2.45, 2.75) is 26.0 Å². The fraction of sp³-hybridized carbons (Fsp3) is 0.250. The van der Waals surface area contributed by atoms with Crippen molar-refractivity contribution in [2.24, 2.45) is 0 Å². The van der Waals surface area contributed by atoms with Gasteiger partial charge < -0.3 is 15.0 Å². The molecule has 1 aliphatic rings. The molecule has 4 rings (SSSR count). The van der Waals surface area contributed by atoms with Crippen LogP contribution in [0.2, 0.25) is 0 Å². The summed E-state index contributed by atoms with van der Waals surface area (Å²) < 4.78 is 5.73. The van der Waals surface area contributed by atoms with Crippen LogP contribution in [0.4, 0.5) is 5.82 Å². The molecule has 5 heteroatoms. The van der Waals surface area contributed by atoms with Gasteiger partial charge in [0, 0.05) is 19.2 Å². The van der Waals surface area contributed by atoms with Crippen LogP contribution < -0.4 is 10.1 Å². The van der Waals surface area contributed by atoms with E-state index < -0.39 is 0 Å². The van der Waals surface area contributed by atoms with Gasteiger partial charge in [0.25, 0.3) is 0 Å². The second kappa shape index (κ2) is 4.77. The van der Waals surface area contributed by atoms with Gasteiger partial charge in [-0.25, -0.2) is 9.97 Å². The summed E-state index contributed by atoms with van der Waals surface area (Å²) in [6, 6.07) is 8.30. The summed E-state index contributed by atoms with van der Waals surface area (Å²) >= 11 is 0. The van der Waals surface area contributed by atoms with Crippen LogP contribution in [0, 0.1) is 0 Å². The maximum Gasteiger partial charge on any atom is 0.154 e. The number of aromatic nitrogens is 3. The Morgan fingerprint density at radius 2 is 2.29 bits per heavy atom. The van der Waals surface area contributed by atoms with Crippen LogP contribution in [-0.4, -0.2) is 21.1 Å². The van der Waals surface area contributed by atoms with Crippen molar-refractivity contribution in [2.75, 3.05) is 5.32 Å². The maximum atomic E-state index is 5.73. The zero-order chi connectivity index (χ0) is 14.2. The summed E-state index contributed by atoms with van der Waals surface area (Å²) in [4.78, 5) is 11.7. The highest BCUT2D eigenvalue weighted by molar-refractivity contribution is 5.85. The highest BCUT2D eigenvalue weighted by atomic mass is 16.5. The fourth-order valence-electron chi connectivity index (χ4n) is 2.78. The standard InChI is InChI=1S/C16H16N4O/c1-10-6-12-7-11(2-3-14(12)21-10)8-18-16-15-13(4-5-17-15)19-9-20-16/h2-5,7,9-10,17H,6,8H2,1H3,(H,18,19,20). The van der Waals surface area contributed by atoms with Gasteiger partial charge in [-0.1, -0.05) is 12.1 Å². The minimum absolute atomic E-state index is 0.281. The third-order valence-corrected chi connectivity index (χ3v) is 3.77. The van der Waals surface area contributed by atoms with E-state index in [4.69, 9.17) is 4.74 Å². The average Bonchev–Trinajstić information content (AvgIpc) is 3.09. The van der Waals surface area contributed by atoms with Gasteiger partial charge >= 0.3 is 0 Å². The van der Waals surface area contributed by atoms with Gasteiger partial charge in [0.15, 0.2) is 5.82 Å². The van der Waals surface area contributed by atoms with Crippen LogP contribution in [-0.2, 0) is 13.0 Å². The van der Waals surface area contributed by atoms with E-state index in [1.165, 1.54) is 11.1 Å². The van der Waals surface area contributed by atoms with Crippen LogP contribution >= 0.6 is 0 Å². The third-order valence-electron chi connectivity index (χ3n) is 3.77. The molecule has 2 N–H and O–H groups in total. The highest BCUT2D eigenvalue weighted by Crippen LogP contribution is 2.29. The van der Waals surface area contributed by atoms with Gasteiger partial charge in [-0.15, -0.1) is 0 Å². The second-order valence-corrected chi connectivity index (χ2v) is 5.39. The summed E-state index contributed by atoms with van der Waals surface area (Å²) in [5, 5.41) is 3.37. The molecule has 0 bridgehead atoms. The van der Waals surface area contributed by atoms with E-state index in [1.807, 2.05) is 12.3 Å². The Morgan fingerprint density at radius 3 is 3.24 bits per heavy atom. The Hall–Kier alpha value is -2.56. The Kier molecular flexibility index (Phi) is 2.77. The first-order valence-corrected chi connectivity index (χ1v) is 7.10. The highest BCUT2D eigenvalue weighted by Gasteiger charge is 2.18. The van der Waals surface area contributed by atoms with Crippen molar-refractivity contribution in [3.8, 4) is 5.75 Å². The van der Waals surface area contributed by atoms with Crippen LogP contribution in [0.3, 0.4) is 0 Å². The summed E-state index contributed by atoms with van der Waals surface area (Å²) in [6.45, 7) is 2.83. The second-order valence-electron chi connectivity index (χ2n) is 5.39. The predicted molar refractivity (Wildman–Crippen MR) is 81.5 cm³/mol. The molecule has 3 aromatic rings. The number of benzene rings is 1. The van der Waals surface area contributed by atoms with Crippen molar-refractivity contribution in [3.05, 3.63) is 47.9 Å². The number of aromatic amines is 1. The number of ether oxygens (including phenoxy) is 1. The number of H-pyrrole nitrogens is 1. The number of anilines is 1. The molecule has 3 heterocycles.